The Kier molecular flexibility index (Phi) is 4.53. The van der Waals surface area contributed by atoms with Crippen LogP contribution in [0.5, 0.6) is 0 Å². The number of H-pyrrole nitrogens is 1. The van der Waals surface area contributed by atoms with Crippen LogP contribution in [0.1, 0.15) is 24.6 Å². The molecule has 0 aliphatic carbocycles. The Morgan fingerprint density at radius 2 is 1.85 bits per heavy atom. The van der Waals surface area contributed by atoms with E-state index in [0.717, 1.165) is 41.0 Å². The number of nitrogens with zero attached hydrogens (tertiary/aromatic N) is 3. The highest BCUT2D eigenvalue weighted by molar-refractivity contribution is 5.82. The maximum atomic E-state index is 13.3. The predicted octanol–water partition coefficient (Wildman–Crippen LogP) is 3.41. The molecule has 1 aliphatic rings. The van der Waals surface area contributed by atoms with Gasteiger partial charge in [-0.2, -0.15) is 5.10 Å². The molecular formula is C20H21FN4O. The van der Waals surface area contributed by atoms with Crippen LogP contribution in [0.25, 0.3) is 22.4 Å². The van der Waals surface area contributed by atoms with Crippen LogP contribution in [0.15, 0.2) is 48.8 Å². The second-order valence-electron chi connectivity index (χ2n) is 6.78. The second-order valence-corrected chi connectivity index (χ2v) is 6.78. The van der Waals surface area contributed by atoms with Gasteiger partial charge in [-0.1, -0.05) is 0 Å². The van der Waals surface area contributed by atoms with Crippen molar-refractivity contribution in [2.24, 2.45) is 0 Å². The van der Waals surface area contributed by atoms with Crippen LogP contribution in [-0.4, -0.2) is 44.9 Å². The Balaban J connectivity index is 1.86. The molecule has 6 heteroatoms. The molecule has 1 aliphatic heterocycles. The lowest BCUT2D eigenvalue weighted by Crippen LogP contribution is -2.36. The third-order valence-electron chi connectivity index (χ3n) is 5.06. The Hall–Kier alpha value is -2.57. The van der Waals surface area contributed by atoms with Gasteiger partial charge in [0.15, 0.2) is 0 Å². The van der Waals surface area contributed by atoms with Crippen molar-refractivity contribution >= 4 is 0 Å². The van der Waals surface area contributed by atoms with E-state index in [4.69, 9.17) is 0 Å². The lowest BCUT2D eigenvalue weighted by molar-refractivity contribution is 0.0539. The van der Waals surface area contributed by atoms with Crippen LogP contribution in [0.4, 0.5) is 4.39 Å². The number of likely N-dealkylation sites (tertiary alicyclic amines) is 1. The van der Waals surface area contributed by atoms with Crippen LogP contribution in [-0.2, 0) is 0 Å². The summed E-state index contributed by atoms with van der Waals surface area (Å²) in [4.78, 5) is 6.34. The highest BCUT2D eigenvalue weighted by Gasteiger charge is 2.31. The van der Waals surface area contributed by atoms with Crippen LogP contribution < -0.4 is 0 Å². The van der Waals surface area contributed by atoms with E-state index in [1.165, 1.54) is 12.1 Å². The molecule has 0 bridgehead atoms. The van der Waals surface area contributed by atoms with Gasteiger partial charge >= 0.3 is 0 Å². The summed E-state index contributed by atoms with van der Waals surface area (Å²) in [5.41, 5.74) is 4.57. The molecule has 26 heavy (non-hydrogen) atoms. The molecule has 0 saturated carbocycles. The Morgan fingerprint density at radius 1 is 1.12 bits per heavy atom. The lowest BCUT2D eigenvalue weighted by atomic mass is 9.91. The van der Waals surface area contributed by atoms with Crippen molar-refractivity contribution in [2.45, 2.75) is 25.0 Å². The lowest BCUT2D eigenvalue weighted by Gasteiger charge is -2.35. The molecule has 0 radical (unpaired) electrons. The van der Waals surface area contributed by atoms with Gasteiger partial charge in [-0.3, -0.25) is 15.0 Å². The van der Waals surface area contributed by atoms with Gasteiger partial charge in [-0.05, 0) is 61.9 Å². The van der Waals surface area contributed by atoms with Gasteiger partial charge in [0.1, 0.15) is 11.5 Å². The van der Waals surface area contributed by atoms with Crippen LogP contribution in [0.3, 0.4) is 0 Å². The first-order valence-corrected chi connectivity index (χ1v) is 8.76. The van der Waals surface area contributed by atoms with Crippen molar-refractivity contribution in [3.8, 4) is 22.4 Å². The number of hydrogen-bond donors (Lipinski definition) is 2. The van der Waals surface area contributed by atoms with Gasteiger partial charge in [0.05, 0.1) is 17.8 Å². The fourth-order valence-electron chi connectivity index (χ4n) is 3.63. The largest absolute Gasteiger partial charge is 0.393 e. The number of halogens is 1. The van der Waals surface area contributed by atoms with Crippen LogP contribution in [0.2, 0.25) is 0 Å². The van der Waals surface area contributed by atoms with E-state index in [1.807, 2.05) is 12.1 Å². The van der Waals surface area contributed by atoms with E-state index in [2.05, 4.69) is 27.1 Å². The molecule has 4 rings (SSSR count). The molecule has 2 aromatic heterocycles. The number of aromatic nitrogens is 3. The fourth-order valence-corrected chi connectivity index (χ4v) is 3.63. The van der Waals surface area contributed by atoms with E-state index < -0.39 is 0 Å². The minimum absolute atomic E-state index is 0.0450. The molecule has 1 aromatic carbocycles. The van der Waals surface area contributed by atoms with Crippen molar-refractivity contribution in [1.82, 2.24) is 20.1 Å². The first-order chi connectivity index (χ1) is 12.6. The van der Waals surface area contributed by atoms with Gasteiger partial charge < -0.3 is 5.11 Å². The average molecular weight is 352 g/mol. The van der Waals surface area contributed by atoms with Gasteiger partial charge in [0, 0.05) is 30.1 Å². The molecule has 5 nitrogen and oxygen atoms in total. The van der Waals surface area contributed by atoms with E-state index in [0.29, 0.717) is 6.42 Å². The van der Waals surface area contributed by atoms with Crippen molar-refractivity contribution in [2.75, 3.05) is 13.6 Å². The first kappa shape index (κ1) is 16.9. The summed E-state index contributed by atoms with van der Waals surface area (Å²) in [7, 11) is 2.06. The number of aliphatic hydroxyl groups excluding tert-OH is 1. The number of hydrogen-bond acceptors (Lipinski definition) is 4. The SMILES string of the molecule is CN1CCC(O)CC1c1[nH]nc(-c2ccc(F)cc2)c1-c1ccncc1. The summed E-state index contributed by atoms with van der Waals surface area (Å²) in [5.74, 6) is -0.273. The van der Waals surface area contributed by atoms with Gasteiger partial charge in [0.2, 0.25) is 0 Å². The van der Waals surface area contributed by atoms with Crippen LogP contribution >= 0.6 is 0 Å². The Bertz CT molecular complexity index is 879. The fraction of sp³-hybridized carbons (Fsp3) is 0.300. The minimum atomic E-state index is -0.320. The molecular weight excluding hydrogens is 331 g/mol. The molecule has 1 fully saturated rings. The van der Waals surface area contributed by atoms with Crippen molar-refractivity contribution in [1.29, 1.82) is 0 Å². The van der Waals surface area contributed by atoms with Crippen LogP contribution in [0, 0.1) is 5.82 Å². The highest BCUT2D eigenvalue weighted by atomic mass is 19.1. The normalized spacial score (nSPS) is 21.0. The molecule has 2 unspecified atom stereocenters. The van der Waals surface area contributed by atoms with E-state index in [-0.39, 0.29) is 18.0 Å². The first-order valence-electron chi connectivity index (χ1n) is 8.76. The average Bonchev–Trinajstić information content (AvgIpc) is 3.10. The number of benzene rings is 1. The molecule has 2 N–H and O–H groups in total. The Labute approximate surface area is 151 Å². The summed E-state index contributed by atoms with van der Waals surface area (Å²) in [6.45, 7) is 0.826. The number of aromatic amines is 1. The standard InChI is InChI=1S/C20H21FN4O/c1-25-11-8-16(26)12-17(25)20-18(13-6-9-22-10-7-13)19(23-24-20)14-2-4-15(21)5-3-14/h2-7,9-10,16-17,26H,8,11-12H2,1H3,(H,23,24). The summed E-state index contributed by atoms with van der Waals surface area (Å²) < 4.78 is 13.3. The smallest absolute Gasteiger partial charge is 0.123 e. The summed E-state index contributed by atoms with van der Waals surface area (Å²) in [6, 6.07) is 10.3. The molecule has 1 saturated heterocycles. The third kappa shape index (κ3) is 3.13. The van der Waals surface area contributed by atoms with Crippen molar-refractivity contribution in [3.63, 3.8) is 0 Å². The van der Waals surface area contributed by atoms with E-state index in [9.17, 15) is 9.50 Å². The van der Waals surface area contributed by atoms with Gasteiger partial charge in [-0.25, -0.2) is 4.39 Å². The minimum Gasteiger partial charge on any atom is -0.393 e. The molecule has 134 valence electrons. The number of aliphatic hydroxyl groups is 1. The summed E-state index contributed by atoms with van der Waals surface area (Å²) in [5, 5.41) is 17.9. The summed E-state index contributed by atoms with van der Waals surface area (Å²) in [6.07, 6.45) is 4.61. The zero-order chi connectivity index (χ0) is 18.1. The molecule has 3 aromatic rings. The molecule has 0 spiro atoms. The Morgan fingerprint density at radius 3 is 2.58 bits per heavy atom. The quantitative estimate of drug-likeness (QED) is 0.758. The maximum absolute atomic E-state index is 13.3. The molecule has 3 heterocycles. The maximum Gasteiger partial charge on any atom is 0.123 e. The topological polar surface area (TPSA) is 65.0 Å². The number of rotatable bonds is 3. The van der Waals surface area contributed by atoms with Crippen molar-refractivity contribution in [3.05, 3.63) is 60.3 Å². The monoisotopic (exact) mass is 352 g/mol. The molecule has 0 amide bonds. The number of piperidine rings is 1. The van der Waals surface area contributed by atoms with Gasteiger partial charge in [-0.15, -0.1) is 0 Å². The zero-order valence-corrected chi connectivity index (χ0v) is 14.6. The van der Waals surface area contributed by atoms with Crippen molar-refractivity contribution < 1.29 is 9.50 Å². The van der Waals surface area contributed by atoms with Gasteiger partial charge in [0.25, 0.3) is 0 Å². The van der Waals surface area contributed by atoms with E-state index >= 15 is 0 Å². The predicted molar refractivity (Wildman–Crippen MR) is 97.8 cm³/mol. The second kappa shape index (κ2) is 6.97. The number of nitrogens with one attached hydrogen (secondary N) is 1. The summed E-state index contributed by atoms with van der Waals surface area (Å²) >= 11 is 0. The zero-order valence-electron chi connectivity index (χ0n) is 14.6. The highest BCUT2D eigenvalue weighted by Crippen LogP contribution is 2.40. The third-order valence-corrected chi connectivity index (χ3v) is 5.06. The molecule has 2 atom stereocenters. The van der Waals surface area contributed by atoms with E-state index in [1.54, 1.807) is 24.5 Å². The number of pyridine rings is 1.